The molecule has 2 aromatic carbocycles. The van der Waals surface area contributed by atoms with Crippen molar-refractivity contribution < 1.29 is 4.52 Å². The van der Waals surface area contributed by atoms with Crippen molar-refractivity contribution >= 4 is 5.69 Å². The summed E-state index contributed by atoms with van der Waals surface area (Å²) in [5.41, 5.74) is 9.40. The number of nitrogens with two attached hydrogens (primary N) is 1. The Hall–Kier alpha value is -2.62. The van der Waals surface area contributed by atoms with Crippen LogP contribution >= 0.6 is 0 Å². The first-order valence-electron chi connectivity index (χ1n) is 6.00. The highest BCUT2D eigenvalue weighted by atomic mass is 16.5. The summed E-state index contributed by atoms with van der Waals surface area (Å²) in [7, 11) is 0. The third kappa shape index (κ3) is 2.08. The van der Waals surface area contributed by atoms with Crippen LogP contribution in [0.4, 0.5) is 5.69 Å². The molecule has 0 saturated carbocycles. The molecule has 0 spiro atoms. The molecule has 2 N–H and O–H groups in total. The summed E-state index contributed by atoms with van der Waals surface area (Å²) in [6.45, 7) is 1.95. The second-order valence-electron chi connectivity index (χ2n) is 4.33. The van der Waals surface area contributed by atoms with Crippen molar-refractivity contribution in [3.8, 4) is 22.8 Å². The van der Waals surface area contributed by atoms with E-state index in [4.69, 9.17) is 10.3 Å². The summed E-state index contributed by atoms with van der Waals surface area (Å²) in [6, 6.07) is 15.5. The number of nitrogens with zero attached hydrogens (tertiary/aromatic N) is 2. The van der Waals surface area contributed by atoms with Gasteiger partial charge in [-0.15, -0.1) is 0 Å². The lowest BCUT2D eigenvalue weighted by Crippen LogP contribution is -1.93. The first-order chi connectivity index (χ1) is 9.25. The molecule has 0 amide bonds. The molecule has 4 nitrogen and oxygen atoms in total. The largest absolute Gasteiger partial charge is 0.398 e. The average molecular weight is 251 g/mol. The molecule has 3 rings (SSSR count). The Labute approximate surface area is 110 Å². The number of benzene rings is 2. The van der Waals surface area contributed by atoms with Crippen LogP contribution in [0.25, 0.3) is 22.8 Å². The molecular weight excluding hydrogens is 238 g/mol. The highest BCUT2D eigenvalue weighted by Gasteiger charge is 2.13. The van der Waals surface area contributed by atoms with E-state index in [9.17, 15) is 0 Å². The third-order valence-electron chi connectivity index (χ3n) is 3.01. The van der Waals surface area contributed by atoms with E-state index in [2.05, 4.69) is 10.1 Å². The minimum Gasteiger partial charge on any atom is -0.398 e. The van der Waals surface area contributed by atoms with Crippen LogP contribution in [0.3, 0.4) is 0 Å². The van der Waals surface area contributed by atoms with Crippen LogP contribution in [-0.2, 0) is 0 Å². The summed E-state index contributed by atoms with van der Waals surface area (Å²) in [6.07, 6.45) is 0. The molecule has 0 aliphatic rings. The average Bonchev–Trinajstić information content (AvgIpc) is 2.92. The summed E-state index contributed by atoms with van der Waals surface area (Å²) in [5, 5.41) is 3.99. The number of aryl methyl sites for hydroxylation is 1. The topological polar surface area (TPSA) is 64.9 Å². The third-order valence-corrected chi connectivity index (χ3v) is 3.01. The highest BCUT2D eigenvalue weighted by Crippen LogP contribution is 2.28. The number of hydrogen-bond acceptors (Lipinski definition) is 4. The van der Waals surface area contributed by atoms with Gasteiger partial charge in [0.1, 0.15) is 0 Å². The maximum absolute atomic E-state index is 6.03. The Morgan fingerprint density at radius 3 is 2.58 bits per heavy atom. The summed E-state index contributed by atoms with van der Waals surface area (Å²) < 4.78 is 5.30. The fourth-order valence-electron chi connectivity index (χ4n) is 1.90. The van der Waals surface area contributed by atoms with Crippen molar-refractivity contribution in [3.63, 3.8) is 0 Å². The maximum atomic E-state index is 6.03. The minimum absolute atomic E-state index is 0.444. The maximum Gasteiger partial charge on any atom is 0.260 e. The van der Waals surface area contributed by atoms with Gasteiger partial charge in [-0.25, -0.2) is 0 Å². The molecular formula is C15H13N3O. The molecule has 0 aliphatic carbocycles. The van der Waals surface area contributed by atoms with E-state index in [1.165, 1.54) is 0 Å². The molecule has 1 aromatic heterocycles. The van der Waals surface area contributed by atoms with Gasteiger partial charge in [-0.3, -0.25) is 0 Å². The van der Waals surface area contributed by atoms with Crippen molar-refractivity contribution in [1.82, 2.24) is 10.1 Å². The number of aromatic nitrogens is 2. The van der Waals surface area contributed by atoms with Crippen molar-refractivity contribution in [2.45, 2.75) is 6.92 Å². The zero-order valence-corrected chi connectivity index (χ0v) is 10.5. The SMILES string of the molecule is Cc1cccc(-c2nc(-c3ccccc3)no2)c1N. The number of hydrogen-bond donors (Lipinski definition) is 1. The van der Waals surface area contributed by atoms with E-state index in [-0.39, 0.29) is 0 Å². The molecule has 19 heavy (non-hydrogen) atoms. The number of rotatable bonds is 2. The van der Waals surface area contributed by atoms with Crippen LogP contribution in [0, 0.1) is 6.92 Å². The first-order valence-corrected chi connectivity index (χ1v) is 6.00. The fourth-order valence-corrected chi connectivity index (χ4v) is 1.90. The monoisotopic (exact) mass is 251 g/mol. The Morgan fingerprint density at radius 2 is 1.79 bits per heavy atom. The Morgan fingerprint density at radius 1 is 1.00 bits per heavy atom. The summed E-state index contributed by atoms with van der Waals surface area (Å²) >= 11 is 0. The molecule has 94 valence electrons. The molecule has 0 atom stereocenters. The lowest BCUT2D eigenvalue weighted by atomic mass is 10.1. The number of anilines is 1. The van der Waals surface area contributed by atoms with Gasteiger partial charge in [0.05, 0.1) is 5.56 Å². The lowest BCUT2D eigenvalue weighted by molar-refractivity contribution is 0.432. The molecule has 3 aromatic rings. The van der Waals surface area contributed by atoms with Gasteiger partial charge >= 0.3 is 0 Å². The van der Waals surface area contributed by atoms with Crippen LogP contribution in [0.1, 0.15) is 5.56 Å². The van der Waals surface area contributed by atoms with Crippen molar-refractivity contribution in [1.29, 1.82) is 0 Å². The van der Waals surface area contributed by atoms with E-state index >= 15 is 0 Å². The predicted octanol–water partition coefficient (Wildman–Crippen LogP) is 3.29. The van der Waals surface area contributed by atoms with Gasteiger partial charge in [-0.2, -0.15) is 4.98 Å². The van der Waals surface area contributed by atoms with Crippen molar-refractivity contribution in [2.75, 3.05) is 5.73 Å². The molecule has 0 saturated heterocycles. The van der Waals surface area contributed by atoms with Crippen LogP contribution in [-0.4, -0.2) is 10.1 Å². The van der Waals surface area contributed by atoms with Crippen LogP contribution in [0.5, 0.6) is 0 Å². The zero-order chi connectivity index (χ0) is 13.2. The normalized spacial score (nSPS) is 10.6. The van der Waals surface area contributed by atoms with Gasteiger partial charge in [0.25, 0.3) is 5.89 Å². The molecule has 1 heterocycles. The van der Waals surface area contributed by atoms with Crippen molar-refractivity contribution in [3.05, 3.63) is 54.1 Å². The smallest absolute Gasteiger partial charge is 0.260 e. The molecule has 0 radical (unpaired) electrons. The van der Waals surface area contributed by atoms with Crippen LogP contribution < -0.4 is 5.73 Å². The van der Waals surface area contributed by atoms with E-state index in [1.54, 1.807) is 0 Å². The first kappa shape index (κ1) is 11.5. The fraction of sp³-hybridized carbons (Fsp3) is 0.0667. The van der Waals surface area contributed by atoms with Gasteiger partial charge in [0.15, 0.2) is 0 Å². The number of nitrogen functional groups attached to an aromatic ring is 1. The Kier molecular flexibility index (Phi) is 2.76. The van der Waals surface area contributed by atoms with E-state index in [0.717, 1.165) is 16.7 Å². The molecule has 4 heteroatoms. The molecule has 0 unspecified atom stereocenters. The van der Waals surface area contributed by atoms with Crippen molar-refractivity contribution in [2.24, 2.45) is 0 Å². The predicted molar refractivity (Wildman–Crippen MR) is 74.3 cm³/mol. The minimum atomic E-state index is 0.444. The van der Waals surface area contributed by atoms with Crippen LogP contribution in [0.15, 0.2) is 53.1 Å². The van der Waals surface area contributed by atoms with E-state index < -0.39 is 0 Å². The van der Waals surface area contributed by atoms with Gasteiger partial charge < -0.3 is 10.3 Å². The Balaban J connectivity index is 2.05. The van der Waals surface area contributed by atoms with Gasteiger partial charge in [-0.1, -0.05) is 47.6 Å². The zero-order valence-electron chi connectivity index (χ0n) is 10.5. The van der Waals surface area contributed by atoms with Crippen LogP contribution in [0.2, 0.25) is 0 Å². The van der Waals surface area contributed by atoms with E-state index in [1.807, 2.05) is 55.5 Å². The molecule has 0 aliphatic heterocycles. The Bertz CT molecular complexity index is 704. The second-order valence-corrected chi connectivity index (χ2v) is 4.33. The second kappa shape index (κ2) is 4.57. The standard InChI is InChI=1S/C15H13N3O/c1-10-6-5-9-12(13(10)16)15-17-14(18-19-15)11-7-3-2-4-8-11/h2-9H,16H2,1H3. The highest BCUT2D eigenvalue weighted by molar-refractivity contribution is 5.74. The summed E-state index contributed by atoms with van der Waals surface area (Å²) in [4.78, 5) is 4.39. The summed E-state index contributed by atoms with van der Waals surface area (Å²) in [5.74, 6) is 1.01. The quantitative estimate of drug-likeness (QED) is 0.710. The lowest BCUT2D eigenvalue weighted by Gasteiger charge is -2.02. The van der Waals surface area contributed by atoms with Gasteiger partial charge in [-0.05, 0) is 18.6 Å². The molecule has 0 bridgehead atoms. The van der Waals surface area contributed by atoms with Gasteiger partial charge in [0, 0.05) is 11.3 Å². The molecule has 0 fully saturated rings. The van der Waals surface area contributed by atoms with E-state index in [0.29, 0.717) is 17.4 Å². The van der Waals surface area contributed by atoms with Gasteiger partial charge in [0.2, 0.25) is 5.82 Å². The number of para-hydroxylation sites is 1.